The van der Waals surface area contributed by atoms with E-state index in [2.05, 4.69) is 4.98 Å². The number of nitrogens with zero attached hydrogens (tertiary/aromatic N) is 3. The predicted octanol–water partition coefficient (Wildman–Crippen LogP) is 2.92. The van der Waals surface area contributed by atoms with Crippen LogP contribution in [0.4, 0.5) is 5.69 Å². The fraction of sp³-hybridized carbons (Fsp3) is 0.190. The first kappa shape index (κ1) is 19.7. The number of benzene rings is 1. The number of amides is 2. The van der Waals surface area contributed by atoms with Crippen LogP contribution in [0.15, 0.2) is 58.9 Å². The van der Waals surface area contributed by atoms with Gasteiger partial charge in [-0.05, 0) is 43.3 Å². The largest absolute Gasteiger partial charge is 0.487 e. The van der Waals surface area contributed by atoms with Gasteiger partial charge < -0.3 is 4.74 Å². The van der Waals surface area contributed by atoms with Crippen LogP contribution in [-0.2, 0) is 16.6 Å². The number of ether oxygens (including phenoxy) is 1. The number of imide groups is 1. The summed E-state index contributed by atoms with van der Waals surface area (Å²) < 4.78 is 34.0. The molecule has 2 amide bonds. The highest BCUT2D eigenvalue weighted by atomic mass is 32.2. The highest BCUT2D eigenvalue weighted by Crippen LogP contribution is 2.38. The topological polar surface area (TPSA) is 96.9 Å². The van der Waals surface area contributed by atoms with Crippen LogP contribution in [-0.4, -0.2) is 42.8 Å². The molecule has 2 aromatic heterocycles. The average Bonchev–Trinajstić information content (AvgIpc) is 3.33. The Morgan fingerprint density at radius 3 is 2.71 bits per heavy atom. The van der Waals surface area contributed by atoms with Gasteiger partial charge >= 0.3 is 0 Å². The van der Waals surface area contributed by atoms with Gasteiger partial charge in [0, 0.05) is 11.1 Å². The molecule has 31 heavy (non-hydrogen) atoms. The zero-order chi connectivity index (χ0) is 21.8. The van der Waals surface area contributed by atoms with Crippen molar-refractivity contribution in [3.05, 3.63) is 70.9 Å². The van der Waals surface area contributed by atoms with Crippen molar-refractivity contribution in [3.8, 4) is 5.75 Å². The Balaban J connectivity index is 1.43. The Bertz CT molecular complexity index is 1280. The third-order valence-electron chi connectivity index (χ3n) is 5.11. The number of carbonyl (C=O) groups is 2. The second-order valence-electron chi connectivity index (χ2n) is 7.25. The maximum atomic E-state index is 13.4. The molecule has 158 valence electrons. The normalized spacial score (nSPS) is 18.0. The molecule has 0 fully saturated rings. The minimum atomic E-state index is -3.83. The zero-order valence-corrected chi connectivity index (χ0v) is 18.0. The third kappa shape index (κ3) is 3.19. The zero-order valence-electron chi connectivity index (χ0n) is 16.4. The number of pyridine rings is 1. The molecule has 0 N–H and O–H groups in total. The highest BCUT2D eigenvalue weighted by Gasteiger charge is 2.38. The Morgan fingerprint density at radius 1 is 1.10 bits per heavy atom. The fourth-order valence-electron chi connectivity index (χ4n) is 3.68. The van der Waals surface area contributed by atoms with E-state index in [1.807, 2.05) is 6.92 Å². The van der Waals surface area contributed by atoms with E-state index in [4.69, 9.17) is 4.74 Å². The summed E-state index contributed by atoms with van der Waals surface area (Å²) >= 11 is 1.04. The second kappa shape index (κ2) is 7.17. The van der Waals surface area contributed by atoms with Gasteiger partial charge in [0.25, 0.3) is 21.8 Å². The molecule has 2 aliphatic rings. The molecule has 1 atom stereocenters. The van der Waals surface area contributed by atoms with Gasteiger partial charge in [-0.2, -0.15) is 0 Å². The van der Waals surface area contributed by atoms with Crippen molar-refractivity contribution < 1.29 is 22.7 Å². The first-order valence-corrected chi connectivity index (χ1v) is 11.8. The summed E-state index contributed by atoms with van der Waals surface area (Å²) in [6.07, 6.45) is 1.17. The minimum absolute atomic E-state index is 0.00961. The number of carbonyl (C=O) groups excluding carboxylic acids is 2. The third-order valence-corrected chi connectivity index (χ3v) is 8.43. The summed E-state index contributed by atoms with van der Waals surface area (Å²) in [6, 6.07) is 13.3. The second-order valence-corrected chi connectivity index (χ2v) is 10.5. The summed E-state index contributed by atoms with van der Waals surface area (Å²) in [6.45, 7) is 2.00. The van der Waals surface area contributed by atoms with Crippen LogP contribution in [0.5, 0.6) is 5.75 Å². The van der Waals surface area contributed by atoms with Crippen LogP contribution in [0.25, 0.3) is 0 Å². The molecule has 0 bridgehead atoms. The summed E-state index contributed by atoms with van der Waals surface area (Å²) in [5, 5.41) is 0. The van der Waals surface area contributed by atoms with Crippen LogP contribution in [0.3, 0.4) is 0 Å². The van der Waals surface area contributed by atoms with Crippen LogP contribution in [0.2, 0.25) is 0 Å². The number of sulfonamides is 1. The minimum Gasteiger partial charge on any atom is -0.487 e. The molecule has 0 spiro atoms. The number of anilines is 1. The molecule has 0 unspecified atom stereocenters. The Labute approximate surface area is 182 Å². The van der Waals surface area contributed by atoms with Crippen molar-refractivity contribution >= 4 is 38.9 Å². The van der Waals surface area contributed by atoms with Gasteiger partial charge in [0.05, 0.1) is 24.3 Å². The maximum absolute atomic E-state index is 13.4. The lowest BCUT2D eigenvalue weighted by molar-refractivity contribution is 0.0642. The number of aromatic nitrogens is 1. The number of fused-ring (bicyclic) bond motifs is 2. The first-order valence-electron chi connectivity index (χ1n) is 9.54. The number of rotatable bonds is 4. The van der Waals surface area contributed by atoms with Crippen LogP contribution >= 0.6 is 11.3 Å². The summed E-state index contributed by atoms with van der Waals surface area (Å²) in [5.74, 6) is -0.392. The molecular weight excluding hydrogens is 438 g/mol. The lowest BCUT2D eigenvalue weighted by Gasteiger charge is -2.33. The van der Waals surface area contributed by atoms with E-state index in [1.165, 1.54) is 16.6 Å². The van der Waals surface area contributed by atoms with Crippen molar-refractivity contribution in [3.63, 3.8) is 0 Å². The fourth-order valence-corrected chi connectivity index (χ4v) is 6.69. The molecule has 8 nitrogen and oxygen atoms in total. The van der Waals surface area contributed by atoms with Gasteiger partial charge in [-0.15, -0.1) is 11.3 Å². The average molecular weight is 456 g/mol. The molecule has 5 rings (SSSR count). The number of thiophene rings is 1. The Hall–Kier alpha value is -3.24. The van der Waals surface area contributed by atoms with E-state index in [9.17, 15) is 18.0 Å². The molecule has 0 saturated carbocycles. The van der Waals surface area contributed by atoms with Gasteiger partial charge in [-0.25, -0.2) is 8.42 Å². The quantitative estimate of drug-likeness (QED) is 0.561. The number of hydrogen-bond donors (Lipinski definition) is 0. The van der Waals surface area contributed by atoms with Crippen molar-refractivity contribution in [1.82, 2.24) is 9.88 Å². The predicted molar refractivity (Wildman–Crippen MR) is 114 cm³/mol. The molecule has 4 heterocycles. The molecule has 0 radical (unpaired) electrons. The van der Waals surface area contributed by atoms with E-state index in [0.29, 0.717) is 16.3 Å². The SMILES string of the molecule is C[C@H]1CN(S(=O)(=O)c2ccc(CN3C(=O)c4cccnc4C3=O)s2)c2ccccc2O1. The highest BCUT2D eigenvalue weighted by molar-refractivity contribution is 7.94. The van der Waals surface area contributed by atoms with E-state index in [1.54, 1.807) is 42.5 Å². The summed E-state index contributed by atoms with van der Waals surface area (Å²) in [5.41, 5.74) is 0.869. The monoisotopic (exact) mass is 455 g/mol. The van der Waals surface area contributed by atoms with Crippen molar-refractivity contribution in [2.75, 3.05) is 10.8 Å². The van der Waals surface area contributed by atoms with Gasteiger partial charge in [-0.1, -0.05) is 12.1 Å². The van der Waals surface area contributed by atoms with E-state index in [-0.39, 0.29) is 34.7 Å². The van der Waals surface area contributed by atoms with Crippen LogP contribution < -0.4 is 9.04 Å². The van der Waals surface area contributed by atoms with Gasteiger partial charge in [0.1, 0.15) is 21.8 Å². The van der Waals surface area contributed by atoms with Gasteiger partial charge in [-0.3, -0.25) is 23.8 Å². The first-order chi connectivity index (χ1) is 14.9. The van der Waals surface area contributed by atoms with Gasteiger partial charge in [0.15, 0.2) is 0 Å². The molecule has 1 aromatic carbocycles. The van der Waals surface area contributed by atoms with Gasteiger partial charge in [0.2, 0.25) is 0 Å². The maximum Gasteiger partial charge on any atom is 0.280 e. The van der Waals surface area contributed by atoms with Crippen molar-refractivity contribution in [2.45, 2.75) is 23.8 Å². The number of hydrogen-bond acceptors (Lipinski definition) is 7. The molecule has 0 aliphatic carbocycles. The Kier molecular flexibility index (Phi) is 4.56. The van der Waals surface area contributed by atoms with Crippen LogP contribution in [0, 0.1) is 0 Å². The lowest BCUT2D eigenvalue weighted by Crippen LogP contribution is -2.42. The molecule has 10 heteroatoms. The summed E-state index contributed by atoms with van der Waals surface area (Å²) in [4.78, 5) is 30.8. The smallest absolute Gasteiger partial charge is 0.280 e. The van der Waals surface area contributed by atoms with E-state index < -0.39 is 21.8 Å². The molecule has 0 saturated heterocycles. The summed E-state index contributed by atoms with van der Waals surface area (Å²) in [7, 11) is -3.83. The van der Waals surface area contributed by atoms with E-state index >= 15 is 0 Å². The number of para-hydroxylation sites is 2. The molecule has 3 aromatic rings. The molecule has 2 aliphatic heterocycles. The van der Waals surface area contributed by atoms with E-state index in [0.717, 1.165) is 16.2 Å². The standard InChI is InChI=1S/C21H17N3O5S2/c1-13-11-24(16-6-2-3-7-17(16)29-13)31(27,28)18-9-8-14(30-18)12-23-20(25)15-5-4-10-22-19(15)21(23)26/h2-10,13H,11-12H2,1H3/t13-/m0/s1. The molecular formula is C21H17N3O5S2. The Morgan fingerprint density at radius 2 is 1.90 bits per heavy atom. The van der Waals surface area contributed by atoms with Crippen molar-refractivity contribution in [2.24, 2.45) is 0 Å². The van der Waals surface area contributed by atoms with Crippen molar-refractivity contribution in [1.29, 1.82) is 0 Å². The lowest BCUT2D eigenvalue weighted by atomic mass is 10.2. The van der Waals surface area contributed by atoms with Crippen LogP contribution in [0.1, 0.15) is 32.6 Å².